The Morgan fingerprint density at radius 3 is 2.67 bits per heavy atom. The summed E-state index contributed by atoms with van der Waals surface area (Å²) in [4.78, 5) is 4.43. The summed E-state index contributed by atoms with van der Waals surface area (Å²) in [5, 5.41) is 3.50. The predicted octanol–water partition coefficient (Wildman–Crippen LogP) is 3.18. The molecule has 0 saturated heterocycles. The summed E-state index contributed by atoms with van der Waals surface area (Å²) < 4.78 is 6.62. The summed E-state index contributed by atoms with van der Waals surface area (Å²) in [7, 11) is 1.79. The third-order valence-corrected chi connectivity index (χ3v) is 3.48. The molecule has 1 aromatic heterocycles. The highest BCUT2D eigenvalue weighted by molar-refractivity contribution is 9.10. The number of likely N-dealkylation sites (N-methyl/N-ethyl adjacent to an activating group) is 1. The van der Waals surface area contributed by atoms with Gasteiger partial charge in [0, 0.05) is 35.9 Å². The van der Waals surface area contributed by atoms with Crippen molar-refractivity contribution in [3.8, 4) is 0 Å². The van der Waals surface area contributed by atoms with Crippen molar-refractivity contribution in [2.45, 2.75) is 45.3 Å². The van der Waals surface area contributed by atoms with E-state index in [0.717, 1.165) is 36.0 Å². The van der Waals surface area contributed by atoms with Gasteiger partial charge in [-0.2, -0.15) is 0 Å². The fourth-order valence-corrected chi connectivity index (χ4v) is 2.35. The first-order valence-electron chi connectivity index (χ1n) is 6.57. The molecule has 1 heterocycles. The van der Waals surface area contributed by atoms with Crippen molar-refractivity contribution in [3.63, 3.8) is 0 Å². The van der Waals surface area contributed by atoms with Gasteiger partial charge in [0.2, 0.25) is 0 Å². The Hall–Kier alpha value is -0.450. The van der Waals surface area contributed by atoms with Crippen LogP contribution in [0.15, 0.2) is 22.8 Å². The number of nitrogens with one attached hydrogen (secondary N) is 1. The second-order valence-electron chi connectivity index (χ2n) is 4.40. The van der Waals surface area contributed by atoms with Crippen molar-refractivity contribution < 1.29 is 4.74 Å². The van der Waals surface area contributed by atoms with Gasteiger partial charge in [0.05, 0.1) is 6.10 Å². The van der Waals surface area contributed by atoms with Gasteiger partial charge in [-0.1, -0.05) is 20.3 Å². The maximum absolute atomic E-state index is 5.60. The van der Waals surface area contributed by atoms with Gasteiger partial charge in [-0.05, 0) is 41.0 Å². The molecule has 1 rings (SSSR count). The Morgan fingerprint density at radius 2 is 2.17 bits per heavy atom. The fourth-order valence-electron chi connectivity index (χ4n) is 2.12. The molecular formula is C14H23BrN2O. The van der Waals surface area contributed by atoms with Gasteiger partial charge in [-0.3, -0.25) is 4.98 Å². The molecule has 2 atom stereocenters. The van der Waals surface area contributed by atoms with E-state index in [-0.39, 0.29) is 6.10 Å². The van der Waals surface area contributed by atoms with Crippen molar-refractivity contribution in [2.24, 2.45) is 0 Å². The number of nitrogens with zero attached hydrogens (tertiary/aromatic N) is 1. The second-order valence-corrected chi connectivity index (χ2v) is 5.31. The van der Waals surface area contributed by atoms with Crippen LogP contribution in [0, 0.1) is 0 Å². The molecule has 0 fully saturated rings. The number of pyridine rings is 1. The zero-order chi connectivity index (χ0) is 13.4. The summed E-state index contributed by atoms with van der Waals surface area (Å²) in [6.07, 6.45) is 5.21. The van der Waals surface area contributed by atoms with Gasteiger partial charge >= 0.3 is 0 Å². The smallest absolute Gasteiger partial charge is 0.0728 e. The molecular weight excluding hydrogens is 292 g/mol. The fraction of sp³-hybridized carbons (Fsp3) is 0.643. The van der Waals surface area contributed by atoms with Gasteiger partial charge in [0.25, 0.3) is 0 Å². The Balaban J connectivity index is 2.68. The van der Waals surface area contributed by atoms with Gasteiger partial charge < -0.3 is 10.1 Å². The number of aromatic nitrogens is 1. The number of rotatable bonds is 8. The minimum atomic E-state index is 0.250. The molecule has 0 aliphatic carbocycles. The topological polar surface area (TPSA) is 34.1 Å². The van der Waals surface area contributed by atoms with Crippen molar-refractivity contribution >= 4 is 15.9 Å². The summed E-state index contributed by atoms with van der Waals surface area (Å²) in [6, 6.07) is 4.42. The zero-order valence-electron chi connectivity index (χ0n) is 11.4. The molecule has 2 unspecified atom stereocenters. The third kappa shape index (κ3) is 5.04. The van der Waals surface area contributed by atoms with Crippen LogP contribution in [-0.2, 0) is 11.2 Å². The summed E-state index contributed by atoms with van der Waals surface area (Å²) in [5.74, 6) is 0. The van der Waals surface area contributed by atoms with E-state index in [4.69, 9.17) is 4.74 Å². The van der Waals surface area contributed by atoms with E-state index in [9.17, 15) is 0 Å². The van der Waals surface area contributed by atoms with E-state index in [1.54, 1.807) is 7.11 Å². The molecule has 0 radical (unpaired) electrons. The van der Waals surface area contributed by atoms with E-state index >= 15 is 0 Å². The summed E-state index contributed by atoms with van der Waals surface area (Å²) in [6.45, 7) is 5.26. The number of hydrogen-bond acceptors (Lipinski definition) is 3. The molecule has 0 bridgehead atoms. The van der Waals surface area contributed by atoms with Crippen LogP contribution in [0.4, 0.5) is 0 Å². The molecule has 0 amide bonds. The molecule has 0 aromatic carbocycles. The molecule has 4 heteroatoms. The molecule has 1 aromatic rings. The van der Waals surface area contributed by atoms with E-state index in [1.807, 2.05) is 12.3 Å². The van der Waals surface area contributed by atoms with E-state index in [2.05, 4.69) is 46.1 Å². The molecule has 0 aliphatic heterocycles. The van der Waals surface area contributed by atoms with Crippen LogP contribution in [0.3, 0.4) is 0 Å². The predicted molar refractivity (Wildman–Crippen MR) is 78.8 cm³/mol. The minimum Gasteiger partial charge on any atom is -0.380 e. The van der Waals surface area contributed by atoms with E-state index in [1.165, 1.54) is 0 Å². The van der Waals surface area contributed by atoms with Crippen LogP contribution in [0.25, 0.3) is 0 Å². The lowest BCUT2D eigenvalue weighted by atomic mass is 10.0. The number of ether oxygens (including phenoxy) is 1. The molecule has 0 spiro atoms. The molecule has 0 saturated carbocycles. The summed E-state index contributed by atoms with van der Waals surface area (Å²) in [5.41, 5.74) is 1.10. The van der Waals surface area contributed by atoms with Crippen molar-refractivity contribution in [2.75, 3.05) is 13.7 Å². The highest BCUT2D eigenvalue weighted by atomic mass is 79.9. The van der Waals surface area contributed by atoms with E-state index < -0.39 is 0 Å². The van der Waals surface area contributed by atoms with Crippen molar-refractivity contribution in [1.29, 1.82) is 0 Å². The van der Waals surface area contributed by atoms with Crippen LogP contribution >= 0.6 is 15.9 Å². The Bertz CT molecular complexity index is 329. The van der Waals surface area contributed by atoms with Gasteiger partial charge in [0.1, 0.15) is 0 Å². The van der Waals surface area contributed by atoms with Crippen molar-refractivity contribution in [3.05, 3.63) is 28.5 Å². The SMILES string of the molecule is CCCC(OC)C(Cc1ccc(Br)cn1)NCC. The van der Waals surface area contributed by atoms with E-state index in [0.29, 0.717) is 6.04 Å². The van der Waals surface area contributed by atoms with Crippen LogP contribution in [0.1, 0.15) is 32.4 Å². The van der Waals surface area contributed by atoms with Crippen LogP contribution in [0.5, 0.6) is 0 Å². The maximum atomic E-state index is 5.60. The lowest BCUT2D eigenvalue weighted by Gasteiger charge is -2.26. The first-order chi connectivity index (χ1) is 8.71. The van der Waals surface area contributed by atoms with Gasteiger partial charge in [0.15, 0.2) is 0 Å². The molecule has 1 N–H and O–H groups in total. The number of methoxy groups -OCH3 is 1. The molecule has 3 nitrogen and oxygen atoms in total. The molecule has 102 valence electrons. The normalized spacial score (nSPS) is 14.4. The first-order valence-corrected chi connectivity index (χ1v) is 7.37. The standard InChI is InChI=1S/C14H23BrN2O/c1-4-6-14(18-3)13(16-5-2)9-12-8-7-11(15)10-17-12/h7-8,10,13-14,16H,4-6,9H2,1-3H3. The van der Waals surface area contributed by atoms with Gasteiger partial charge in [-0.15, -0.1) is 0 Å². The Labute approximate surface area is 118 Å². The largest absolute Gasteiger partial charge is 0.380 e. The zero-order valence-corrected chi connectivity index (χ0v) is 13.0. The van der Waals surface area contributed by atoms with Crippen LogP contribution in [-0.4, -0.2) is 30.8 Å². The van der Waals surface area contributed by atoms with Gasteiger partial charge in [-0.25, -0.2) is 0 Å². The molecule has 18 heavy (non-hydrogen) atoms. The Morgan fingerprint density at radius 1 is 1.39 bits per heavy atom. The van der Waals surface area contributed by atoms with Crippen LogP contribution < -0.4 is 5.32 Å². The van der Waals surface area contributed by atoms with Crippen molar-refractivity contribution in [1.82, 2.24) is 10.3 Å². The first kappa shape index (κ1) is 15.6. The lowest BCUT2D eigenvalue weighted by molar-refractivity contribution is 0.0611. The molecule has 0 aliphatic rings. The number of halogens is 1. The highest BCUT2D eigenvalue weighted by Crippen LogP contribution is 2.13. The quantitative estimate of drug-likeness (QED) is 0.800. The summed E-state index contributed by atoms with van der Waals surface area (Å²) >= 11 is 3.41. The third-order valence-electron chi connectivity index (χ3n) is 3.01. The minimum absolute atomic E-state index is 0.250. The monoisotopic (exact) mass is 314 g/mol. The maximum Gasteiger partial charge on any atom is 0.0728 e. The lowest BCUT2D eigenvalue weighted by Crippen LogP contribution is -2.42. The second kappa shape index (κ2) is 8.62. The highest BCUT2D eigenvalue weighted by Gasteiger charge is 2.20. The average molecular weight is 315 g/mol. The van der Waals surface area contributed by atoms with Crippen LogP contribution in [0.2, 0.25) is 0 Å². The Kier molecular flexibility index (Phi) is 7.47. The number of hydrogen-bond donors (Lipinski definition) is 1. The average Bonchev–Trinajstić information content (AvgIpc) is 2.38.